The molecule has 7 heteroatoms. The maximum absolute atomic E-state index is 6.10. The summed E-state index contributed by atoms with van der Waals surface area (Å²) in [6.45, 7) is 1.09. The van der Waals surface area contributed by atoms with Crippen molar-refractivity contribution in [2.24, 2.45) is 0 Å². The van der Waals surface area contributed by atoms with Crippen molar-refractivity contribution in [2.75, 3.05) is 12.4 Å². The maximum Gasteiger partial charge on any atom is 0.177 e. The van der Waals surface area contributed by atoms with Gasteiger partial charge in [0.25, 0.3) is 0 Å². The van der Waals surface area contributed by atoms with Gasteiger partial charge in [-0.15, -0.1) is 11.3 Å². The second-order valence-corrected chi connectivity index (χ2v) is 6.59. The molecule has 0 aromatic carbocycles. The molecule has 0 atom stereocenters. The molecule has 0 saturated carbocycles. The standard InChI is InChI=1S/C14H12BrClN2O2S/c1-19-7-10-12(15)13-14(20-10)9(5-11(16)18-13)17-6-8-3-2-4-21-8/h2-5H,6-7H2,1H3,(H,17,18). The van der Waals surface area contributed by atoms with Crippen molar-refractivity contribution in [2.45, 2.75) is 13.2 Å². The SMILES string of the molecule is COCc1oc2c(NCc3cccs3)cc(Cl)nc2c1Br. The van der Waals surface area contributed by atoms with E-state index in [9.17, 15) is 0 Å². The molecule has 1 N–H and O–H groups in total. The highest BCUT2D eigenvalue weighted by Crippen LogP contribution is 2.36. The lowest BCUT2D eigenvalue weighted by atomic mass is 10.3. The highest BCUT2D eigenvalue weighted by atomic mass is 79.9. The van der Waals surface area contributed by atoms with E-state index >= 15 is 0 Å². The fraction of sp³-hybridized carbons (Fsp3) is 0.214. The van der Waals surface area contributed by atoms with E-state index in [1.807, 2.05) is 11.4 Å². The van der Waals surface area contributed by atoms with E-state index in [4.69, 9.17) is 20.8 Å². The molecule has 0 aliphatic rings. The number of nitrogens with one attached hydrogen (secondary N) is 1. The van der Waals surface area contributed by atoms with Crippen LogP contribution in [-0.2, 0) is 17.9 Å². The summed E-state index contributed by atoms with van der Waals surface area (Å²) < 4.78 is 11.7. The molecule has 0 bridgehead atoms. The van der Waals surface area contributed by atoms with Crippen molar-refractivity contribution in [3.05, 3.63) is 43.8 Å². The van der Waals surface area contributed by atoms with Crippen molar-refractivity contribution in [1.82, 2.24) is 4.98 Å². The van der Waals surface area contributed by atoms with Gasteiger partial charge in [-0.1, -0.05) is 17.7 Å². The molecule has 3 rings (SSSR count). The number of rotatable bonds is 5. The summed E-state index contributed by atoms with van der Waals surface area (Å²) in [4.78, 5) is 5.55. The van der Waals surface area contributed by atoms with Gasteiger partial charge >= 0.3 is 0 Å². The number of hydrogen-bond acceptors (Lipinski definition) is 5. The number of nitrogens with zero attached hydrogens (tertiary/aromatic N) is 1. The average Bonchev–Trinajstić information content (AvgIpc) is 3.07. The Morgan fingerprint density at radius 2 is 2.38 bits per heavy atom. The van der Waals surface area contributed by atoms with Gasteiger partial charge in [0.1, 0.15) is 23.0 Å². The molecule has 21 heavy (non-hydrogen) atoms. The molecule has 0 aliphatic heterocycles. The van der Waals surface area contributed by atoms with Crippen LogP contribution in [0.4, 0.5) is 5.69 Å². The Morgan fingerprint density at radius 3 is 3.10 bits per heavy atom. The maximum atomic E-state index is 6.10. The number of hydrogen-bond donors (Lipinski definition) is 1. The van der Waals surface area contributed by atoms with E-state index < -0.39 is 0 Å². The number of aromatic nitrogens is 1. The molecule has 0 fully saturated rings. The van der Waals surface area contributed by atoms with Crippen molar-refractivity contribution in [1.29, 1.82) is 0 Å². The van der Waals surface area contributed by atoms with Crippen LogP contribution in [-0.4, -0.2) is 12.1 Å². The third-order valence-corrected chi connectivity index (χ3v) is 4.82. The molecule has 0 unspecified atom stereocenters. The molecule has 3 aromatic heterocycles. The lowest BCUT2D eigenvalue weighted by Crippen LogP contribution is -1.98. The van der Waals surface area contributed by atoms with E-state index in [-0.39, 0.29) is 0 Å². The van der Waals surface area contributed by atoms with Crippen LogP contribution in [0.3, 0.4) is 0 Å². The second-order valence-electron chi connectivity index (χ2n) is 4.38. The topological polar surface area (TPSA) is 47.3 Å². The highest BCUT2D eigenvalue weighted by Gasteiger charge is 2.17. The summed E-state index contributed by atoms with van der Waals surface area (Å²) in [5, 5.41) is 5.81. The first-order valence-corrected chi connectivity index (χ1v) is 8.26. The van der Waals surface area contributed by atoms with Gasteiger partial charge in [0.05, 0.1) is 10.2 Å². The summed E-state index contributed by atoms with van der Waals surface area (Å²) in [5.74, 6) is 0.696. The fourth-order valence-corrected chi connectivity index (χ4v) is 3.31. The zero-order valence-corrected chi connectivity index (χ0v) is 14.3. The number of fused-ring (bicyclic) bond motifs is 1. The van der Waals surface area contributed by atoms with Gasteiger partial charge in [0, 0.05) is 24.6 Å². The van der Waals surface area contributed by atoms with Crippen molar-refractivity contribution in [3.8, 4) is 0 Å². The van der Waals surface area contributed by atoms with Crippen LogP contribution in [0.25, 0.3) is 11.1 Å². The smallest absolute Gasteiger partial charge is 0.177 e. The molecule has 110 valence electrons. The molecule has 0 aliphatic carbocycles. The van der Waals surface area contributed by atoms with Crippen molar-refractivity contribution >= 4 is 55.7 Å². The predicted molar refractivity (Wildman–Crippen MR) is 89.1 cm³/mol. The molecule has 0 saturated heterocycles. The first-order valence-electron chi connectivity index (χ1n) is 6.21. The Hall–Kier alpha value is -1.08. The van der Waals surface area contributed by atoms with Crippen molar-refractivity contribution in [3.63, 3.8) is 0 Å². The van der Waals surface area contributed by atoms with Crippen LogP contribution in [0.2, 0.25) is 5.15 Å². The first-order chi connectivity index (χ1) is 10.2. The normalized spacial score (nSPS) is 11.2. The Morgan fingerprint density at radius 1 is 1.52 bits per heavy atom. The number of methoxy groups -OCH3 is 1. The lowest BCUT2D eigenvalue weighted by molar-refractivity contribution is 0.165. The van der Waals surface area contributed by atoms with E-state index in [0.717, 1.165) is 10.2 Å². The Kier molecular flexibility index (Phi) is 4.49. The molecule has 3 aromatic rings. The number of furan rings is 1. The van der Waals surface area contributed by atoms with E-state index in [1.54, 1.807) is 24.5 Å². The third-order valence-electron chi connectivity index (χ3n) is 2.93. The van der Waals surface area contributed by atoms with Crippen LogP contribution in [0.5, 0.6) is 0 Å². The van der Waals surface area contributed by atoms with Gasteiger partial charge < -0.3 is 14.5 Å². The summed E-state index contributed by atoms with van der Waals surface area (Å²) in [6, 6.07) is 5.87. The predicted octanol–water partition coefficient (Wildman–Crippen LogP) is 5.06. The number of pyridine rings is 1. The first kappa shape index (κ1) is 14.8. The monoisotopic (exact) mass is 386 g/mol. The Bertz CT molecular complexity index is 758. The Labute approximate surface area is 139 Å². The largest absolute Gasteiger partial charge is 0.453 e. The van der Waals surface area contributed by atoms with Gasteiger partial charge in [0.15, 0.2) is 5.58 Å². The minimum Gasteiger partial charge on any atom is -0.453 e. The van der Waals surface area contributed by atoms with Crippen LogP contribution >= 0.6 is 38.9 Å². The van der Waals surface area contributed by atoms with Gasteiger partial charge in [-0.05, 0) is 27.4 Å². The highest BCUT2D eigenvalue weighted by molar-refractivity contribution is 9.10. The van der Waals surface area contributed by atoms with Crippen molar-refractivity contribution < 1.29 is 9.15 Å². The molecule has 0 spiro atoms. The minimum absolute atomic E-state index is 0.374. The molecule has 0 amide bonds. The summed E-state index contributed by atoms with van der Waals surface area (Å²) in [5.41, 5.74) is 2.19. The summed E-state index contributed by atoms with van der Waals surface area (Å²) in [6.07, 6.45) is 0. The van der Waals surface area contributed by atoms with Gasteiger partial charge in [-0.3, -0.25) is 0 Å². The molecule has 0 radical (unpaired) electrons. The summed E-state index contributed by atoms with van der Waals surface area (Å²) >= 11 is 11.3. The van der Waals surface area contributed by atoms with E-state index in [0.29, 0.717) is 35.2 Å². The lowest BCUT2D eigenvalue weighted by Gasteiger charge is -2.05. The zero-order valence-electron chi connectivity index (χ0n) is 11.2. The van der Waals surface area contributed by atoms with Crippen LogP contribution in [0.15, 0.2) is 32.5 Å². The Balaban J connectivity index is 1.98. The molecular formula is C14H12BrClN2O2S. The fourth-order valence-electron chi connectivity index (χ4n) is 2.00. The number of thiophene rings is 1. The van der Waals surface area contributed by atoms with E-state index in [2.05, 4.69) is 32.3 Å². The van der Waals surface area contributed by atoms with Gasteiger partial charge in [0.2, 0.25) is 0 Å². The van der Waals surface area contributed by atoms with Crippen LogP contribution in [0, 0.1) is 0 Å². The molecule has 4 nitrogen and oxygen atoms in total. The quantitative estimate of drug-likeness (QED) is 0.621. The summed E-state index contributed by atoms with van der Waals surface area (Å²) in [7, 11) is 1.62. The minimum atomic E-state index is 0.374. The zero-order chi connectivity index (χ0) is 14.8. The number of halogens is 2. The molecular weight excluding hydrogens is 376 g/mol. The van der Waals surface area contributed by atoms with Gasteiger partial charge in [-0.25, -0.2) is 4.98 Å². The van der Waals surface area contributed by atoms with Crippen LogP contribution in [0.1, 0.15) is 10.6 Å². The number of ether oxygens (including phenoxy) is 1. The second kappa shape index (κ2) is 6.36. The van der Waals surface area contributed by atoms with Gasteiger partial charge in [-0.2, -0.15) is 0 Å². The molecule has 3 heterocycles. The third kappa shape index (κ3) is 3.08. The average molecular weight is 388 g/mol. The number of anilines is 1. The van der Waals surface area contributed by atoms with E-state index in [1.165, 1.54) is 4.88 Å². The van der Waals surface area contributed by atoms with Crippen LogP contribution < -0.4 is 5.32 Å².